The molecule has 0 saturated carbocycles. The van der Waals surface area contributed by atoms with Crippen molar-refractivity contribution < 1.29 is 0 Å². The molecule has 92 valence electrons. The minimum absolute atomic E-state index is 0.605. The molecular formula is C13H20N4. The highest BCUT2D eigenvalue weighted by atomic mass is 15.3. The Balaban J connectivity index is 1.63. The van der Waals surface area contributed by atoms with Crippen LogP contribution in [-0.2, 0) is 6.54 Å². The average Bonchev–Trinajstić information content (AvgIpc) is 2.91. The van der Waals surface area contributed by atoms with Gasteiger partial charge < -0.3 is 5.73 Å². The van der Waals surface area contributed by atoms with Gasteiger partial charge in [-0.2, -0.15) is 0 Å². The first-order valence-corrected chi connectivity index (χ1v) is 6.44. The molecule has 0 amide bonds. The minimum atomic E-state index is 0.605. The molecule has 2 saturated heterocycles. The topological polar surface area (TPSA) is 45.4 Å². The third-order valence-electron chi connectivity index (χ3n) is 4.11. The van der Waals surface area contributed by atoms with Gasteiger partial charge in [0.25, 0.3) is 0 Å². The maximum absolute atomic E-state index is 5.60. The number of likely N-dealkylation sites (tertiary alicyclic amines) is 2. The number of piperazine rings is 1. The van der Waals surface area contributed by atoms with E-state index in [0.29, 0.717) is 5.82 Å². The summed E-state index contributed by atoms with van der Waals surface area (Å²) in [5.74, 6) is 0.605. The smallest absolute Gasteiger partial charge is 0.123 e. The van der Waals surface area contributed by atoms with Gasteiger partial charge in [-0.1, -0.05) is 13.0 Å². The van der Waals surface area contributed by atoms with Crippen molar-refractivity contribution in [1.82, 2.24) is 14.8 Å². The Labute approximate surface area is 102 Å². The van der Waals surface area contributed by atoms with Crippen LogP contribution in [0.25, 0.3) is 0 Å². The van der Waals surface area contributed by atoms with Gasteiger partial charge in [0.2, 0.25) is 0 Å². The lowest BCUT2D eigenvalue weighted by atomic mass is 10.2. The van der Waals surface area contributed by atoms with Crippen LogP contribution in [0.5, 0.6) is 0 Å². The zero-order valence-electron chi connectivity index (χ0n) is 10.3. The third-order valence-corrected chi connectivity index (χ3v) is 4.11. The van der Waals surface area contributed by atoms with E-state index in [4.69, 9.17) is 5.73 Å². The van der Waals surface area contributed by atoms with E-state index in [-0.39, 0.29) is 0 Å². The molecule has 2 bridgehead atoms. The van der Waals surface area contributed by atoms with Crippen molar-refractivity contribution in [1.29, 1.82) is 0 Å². The number of hydrogen-bond donors (Lipinski definition) is 1. The fraction of sp³-hybridized carbons (Fsp3) is 0.615. The summed E-state index contributed by atoms with van der Waals surface area (Å²) in [5.41, 5.74) is 6.87. The quantitative estimate of drug-likeness (QED) is 0.842. The second kappa shape index (κ2) is 4.27. The number of fused-ring (bicyclic) bond motifs is 2. The van der Waals surface area contributed by atoms with Crippen molar-refractivity contribution in [3.05, 3.63) is 23.9 Å². The molecule has 17 heavy (non-hydrogen) atoms. The molecule has 1 aromatic rings. The summed E-state index contributed by atoms with van der Waals surface area (Å²) < 4.78 is 0. The van der Waals surface area contributed by atoms with E-state index < -0.39 is 0 Å². The molecule has 3 heterocycles. The Morgan fingerprint density at radius 1 is 1.29 bits per heavy atom. The van der Waals surface area contributed by atoms with Crippen molar-refractivity contribution in [3.8, 4) is 0 Å². The van der Waals surface area contributed by atoms with Gasteiger partial charge in [0.1, 0.15) is 5.82 Å². The number of nitrogen functional groups attached to an aromatic ring is 1. The van der Waals surface area contributed by atoms with Crippen LogP contribution in [0.4, 0.5) is 5.82 Å². The Morgan fingerprint density at radius 2 is 2.06 bits per heavy atom. The van der Waals surface area contributed by atoms with Gasteiger partial charge >= 0.3 is 0 Å². The van der Waals surface area contributed by atoms with Crippen LogP contribution >= 0.6 is 0 Å². The number of pyridine rings is 1. The molecule has 2 N–H and O–H groups in total. The molecule has 2 aliphatic heterocycles. The highest BCUT2D eigenvalue weighted by Crippen LogP contribution is 2.31. The van der Waals surface area contributed by atoms with Crippen LogP contribution in [0.1, 0.15) is 18.9 Å². The van der Waals surface area contributed by atoms with Crippen LogP contribution in [0, 0.1) is 0 Å². The van der Waals surface area contributed by atoms with Gasteiger partial charge in [0, 0.05) is 37.9 Å². The second-order valence-corrected chi connectivity index (χ2v) is 5.15. The first-order valence-electron chi connectivity index (χ1n) is 6.44. The van der Waals surface area contributed by atoms with E-state index in [9.17, 15) is 0 Å². The molecule has 4 nitrogen and oxygen atoms in total. The number of hydrogen-bond acceptors (Lipinski definition) is 4. The maximum atomic E-state index is 5.60. The van der Waals surface area contributed by atoms with Gasteiger partial charge in [-0.05, 0) is 24.6 Å². The van der Waals surface area contributed by atoms with Crippen LogP contribution < -0.4 is 5.73 Å². The molecular weight excluding hydrogens is 212 g/mol. The Bertz CT molecular complexity index is 389. The highest BCUT2D eigenvalue weighted by Gasteiger charge is 2.41. The zero-order chi connectivity index (χ0) is 11.8. The molecule has 4 heteroatoms. The predicted octanol–water partition coefficient (Wildman–Crippen LogP) is 0.942. The fourth-order valence-corrected chi connectivity index (χ4v) is 3.18. The summed E-state index contributed by atoms with van der Waals surface area (Å²) in [7, 11) is 0. The van der Waals surface area contributed by atoms with E-state index in [1.54, 1.807) is 0 Å². The number of nitrogens with two attached hydrogens (primary N) is 1. The van der Waals surface area contributed by atoms with E-state index >= 15 is 0 Å². The number of likely N-dealkylation sites (N-methyl/N-ethyl adjacent to an activating group) is 1. The summed E-state index contributed by atoms with van der Waals surface area (Å²) in [4.78, 5) is 9.34. The molecule has 0 aromatic carbocycles. The largest absolute Gasteiger partial charge is 0.384 e. The first kappa shape index (κ1) is 11.0. The van der Waals surface area contributed by atoms with Gasteiger partial charge in [-0.3, -0.25) is 9.80 Å². The van der Waals surface area contributed by atoms with E-state index in [1.807, 2.05) is 12.3 Å². The molecule has 1 aromatic heterocycles. The third kappa shape index (κ3) is 2.03. The summed E-state index contributed by atoms with van der Waals surface area (Å²) >= 11 is 0. The average molecular weight is 232 g/mol. The molecule has 2 fully saturated rings. The second-order valence-electron chi connectivity index (χ2n) is 5.15. The normalized spacial score (nSPS) is 29.0. The van der Waals surface area contributed by atoms with Crippen LogP contribution in [-0.4, -0.2) is 46.5 Å². The Kier molecular flexibility index (Phi) is 2.76. The predicted molar refractivity (Wildman–Crippen MR) is 68.5 cm³/mol. The van der Waals surface area contributed by atoms with Crippen molar-refractivity contribution in [2.24, 2.45) is 0 Å². The van der Waals surface area contributed by atoms with Gasteiger partial charge in [-0.25, -0.2) is 4.98 Å². The number of rotatable bonds is 3. The van der Waals surface area contributed by atoms with E-state index in [1.165, 1.54) is 31.6 Å². The molecule has 2 aliphatic rings. The van der Waals surface area contributed by atoms with Crippen LogP contribution in [0.15, 0.2) is 18.3 Å². The molecule has 3 rings (SSSR count). The number of nitrogens with zero attached hydrogens (tertiary/aromatic N) is 3. The molecule has 0 aliphatic carbocycles. The summed E-state index contributed by atoms with van der Waals surface area (Å²) in [6.07, 6.45) is 3.25. The standard InChI is InChI=1S/C13H20N4/c1-2-16-8-12-5-11(16)9-17(12)7-10-3-4-13(14)15-6-10/h3-4,6,11-12H,2,5,7-9H2,1H3,(H2,14,15)/t11-,12-/m0/s1. The van der Waals surface area contributed by atoms with E-state index in [0.717, 1.165) is 18.6 Å². The zero-order valence-corrected chi connectivity index (χ0v) is 10.3. The lowest BCUT2D eigenvalue weighted by molar-refractivity contribution is 0.127. The minimum Gasteiger partial charge on any atom is -0.384 e. The Morgan fingerprint density at radius 3 is 2.65 bits per heavy atom. The summed E-state index contributed by atoms with van der Waals surface area (Å²) in [5, 5.41) is 0. The lowest BCUT2D eigenvalue weighted by Gasteiger charge is -2.33. The van der Waals surface area contributed by atoms with Gasteiger partial charge in [-0.15, -0.1) is 0 Å². The number of aromatic nitrogens is 1. The van der Waals surface area contributed by atoms with Crippen molar-refractivity contribution in [2.75, 3.05) is 25.4 Å². The molecule has 0 radical (unpaired) electrons. The highest BCUT2D eigenvalue weighted by molar-refractivity contribution is 5.29. The van der Waals surface area contributed by atoms with Crippen LogP contribution in [0.3, 0.4) is 0 Å². The summed E-state index contributed by atoms with van der Waals surface area (Å²) in [6, 6.07) is 5.51. The van der Waals surface area contributed by atoms with E-state index in [2.05, 4.69) is 27.8 Å². The first-order chi connectivity index (χ1) is 8.26. The maximum Gasteiger partial charge on any atom is 0.123 e. The molecule has 2 atom stereocenters. The van der Waals surface area contributed by atoms with Crippen molar-refractivity contribution in [3.63, 3.8) is 0 Å². The SMILES string of the molecule is CCN1C[C@@H]2C[C@H]1CN2Cc1ccc(N)nc1. The monoisotopic (exact) mass is 232 g/mol. The number of anilines is 1. The lowest BCUT2D eigenvalue weighted by Crippen LogP contribution is -2.45. The van der Waals surface area contributed by atoms with Crippen molar-refractivity contribution in [2.45, 2.75) is 32.0 Å². The van der Waals surface area contributed by atoms with Gasteiger partial charge in [0.05, 0.1) is 0 Å². The summed E-state index contributed by atoms with van der Waals surface area (Å²) in [6.45, 7) is 6.92. The molecule has 0 unspecified atom stereocenters. The fourth-order valence-electron chi connectivity index (χ4n) is 3.18. The van der Waals surface area contributed by atoms with Crippen molar-refractivity contribution >= 4 is 5.82 Å². The van der Waals surface area contributed by atoms with Gasteiger partial charge in [0.15, 0.2) is 0 Å². The Hall–Kier alpha value is -1.13. The molecule has 0 spiro atoms. The van der Waals surface area contributed by atoms with Crippen LogP contribution in [0.2, 0.25) is 0 Å².